The Morgan fingerprint density at radius 3 is 1.40 bits per heavy atom. The van der Waals surface area contributed by atoms with Crippen LogP contribution in [0.15, 0.2) is 0 Å². The van der Waals surface area contributed by atoms with Crippen molar-refractivity contribution in [3.05, 3.63) is 0 Å². The lowest BCUT2D eigenvalue weighted by molar-refractivity contribution is -0.145. The molecule has 6 atom stereocenters. The molecular weight excluding hydrogens is 1130 g/mol. The number of nitrogens with one attached hydrogen (secondary N) is 5. The molecule has 86 heavy (non-hydrogen) atoms. The minimum Gasteiger partial charge on any atom is -0.481 e. The standard InChI is InChI=1S/C59H101N5O22/c1-3-43(55(74)64-54(42(2)65)59(81)82)21-18-19-31-60-50(69)30-28-48(58(79)80)63-52(71)41-86-38-35-83-33-20-22-46(67)40-85-37-36-84-34-32-61-49(68)29-25-44(56(75)76)39-45(66)26-27-47(57(77)78)62-51(70)23-16-14-12-10-8-6-4-5-7-9-11-13-15-17-24-53(72)73/h42-44,47-48,54,65H,3-41H2,1-2H3,(H,60,69)(H,61,68)(H,62,70)(H,63,71)(H,64,74)(H,72,73)(H,75,76)(H,77,78)(H,79,80)(H,81,82)/t42-,43+,44-,47+,48+,54+/m1/s1. The molecule has 0 bridgehead atoms. The topological polar surface area (TPSA) is 423 Å². The molecule has 0 aliphatic carbocycles. The molecule has 0 fully saturated rings. The quantitative estimate of drug-likeness (QED) is 0.0379. The Morgan fingerprint density at radius 2 is 0.872 bits per heavy atom. The lowest BCUT2D eigenvalue weighted by atomic mass is 9.94. The third-order valence-electron chi connectivity index (χ3n) is 14.0. The molecule has 0 rings (SSSR count). The Morgan fingerprint density at radius 1 is 0.384 bits per heavy atom. The molecule has 0 radical (unpaired) electrons. The highest BCUT2D eigenvalue weighted by molar-refractivity contribution is 5.88. The highest BCUT2D eigenvalue weighted by Crippen LogP contribution is 2.18. The lowest BCUT2D eigenvalue weighted by Gasteiger charge is -2.21. The van der Waals surface area contributed by atoms with E-state index >= 15 is 0 Å². The number of hydrogen-bond acceptors (Lipinski definition) is 17. The zero-order valence-corrected chi connectivity index (χ0v) is 50.8. The molecule has 0 aliphatic heterocycles. The van der Waals surface area contributed by atoms with Gasteiger partial charge in [-0.25, -0.2) is 14.4 Å². The summed E-state index contributed by atoms with van der Waals surface area (Å²) >= 11 is 0. The van der Waals surface area contributed by atoms with Gasteiger partial charge in [-0.15, -0.1) is 0 Å². The Hall–Kier alpha value is -6.16. The number of aliphatic hydroxyl groups excluding tert-OH is 1. The lowest BCUT2D eigenvalue weighted by Crippen LogP contribution is -2.49. The Balaban J connectivity index is 4.06. The monoisotopic (exact) mass is 1230 g/mol. The predicted molar refractivity (Wildman–Crippen MR) is 312 cm³/mol. The number of unbranched alkanes of at least 4 members (excludes halogenated alkanes) is 14. The molecule has 0 unspecified atom stereocenters. The van der Waals surface area contributed by atoms with Gasteiger partial charge < -0.3 is 76.2 Å². The van der Waals surface area contributed by atoms with Gasteiger partial charge in [0.15, 0.2) is 11.8 Å². The maximum atomic E-state index is 12.7. The summed E-state index contributed by atoms with van der Waals surface area (Å²) in [6.07, 6.45) is 14.5. The molecule has 0 saturated carbocycles. The molecule has 494 valence electrons. The number of aliphatic hydroxyl groups is 1. The highest BCUT2D eigenvalue weighted by Gasteiger charge is 2.29. The number of ketones is 2. The van der Waals surface area contributed by atoms with Crippen molar-refractivity contribution in [1.29, 1.82) is 0 Å². The van der Waals surface area contributed by atoms with E-state index in [1.807, 2.05) is 0 Å². The van der Waals surface area contributed by atoms with Crippen LogP contribution in [0.25, 0.3) is 0 Å². The summed E-state index contributed by atoms with van der Waals surface area (Å²) in [6.45, 7) is 3.44. The Labute approximate surface area is 505 Å². The van der Waals surface area contributed by atoms with Crippen molar-refractivity contribution in [2.75, 3.05) is 65.9 Å². The first-order chi connectivity index (χ1) is 41.1. The zero-order valence-electron chi connectivity index (χ0n) is 50.8. The van der Waals surface area contributed by atoms with Crippen molar-refractivity contribution in [2.45, 2.75) is 224 Å². The second-order valence-corrected chi connectivity index (χ2v) is 21.5. The van der Waals surface area contributed by atoms with E-state index in [1.54, 1.807) is 6.92 Å². The fourth-order valence-corrected chi connectivity index (χ4v) is 8.87. The highest BCUT2D eigenvalue weighted by atomic mass is 16.5. The molecule has 0 aromatic rings. The average molecular weight is 1230 g/mol. The third-order valence-corrected chi connectivity index (χ3v) is 14.0. The van der Waals surface area contributed by atoms with Gasteiger partial charge in [-0.05, 0) is 64.7 Å². The van der Waals surface area contributed by atoms with E-state index in [0.29, 0.717) is 38.5 Å². The molecular formula is C59H101N5O22. The van der Waals surface area contributed by atoms with Crippen LogP contribution < -0.4 is 26.6 Å². The number of carboxylic acids is 5. The van der Waals surface area contributed by atoms with Crippen molar-refractivity contribution in [1.82, 2.24) is 26.6 Å². The largest absolute Gasteiger partial charge is 0.481 e. The van der Waals surface area contributed by atoms with Crippen LogP contribution in [0.1, 0.15) is 200 Å². The summed E-state index contributed by atoms with van der Waals surface area (Å²) in [7, 11) is 0. The van der Waals surface area contributed by atoms with Gasteiger partial charge in [0.25, 0.3) is 0 Å². The summed E-state index contributed by atoms with van der Waals surface area (Å²) in [4.78, 5) is 144. The number of hydrogen-bond donors (Lipinski definition) is 11. The van der Waals surface area contributed by atoms with Gasteiger partial charge in [-0.3, -0.25) is 43.2 Å². The van der Waals surface area contributed by atoms with Gasteiger partial charge in [0, 0.05) is 70.6 Å². The van der Waals surface area contributed by atoms with Crippen LogP contribution in [0.2, 0.25) is 0 Å². The zero-order chi connectivity index (χ0) is 64.3. The molecule has 0 spiro atoms. The Kier molecular flexibility index (Phi) is 48.3. The number of Topliss-reactive ketones (excluding diaryl/α,β-unsaturated/α-hetero) is 2. The molecule has 0 aliphatic rings. The Bertz CT molecular complexity index is 2010. The van der Waals surface area contributed by atoms with Gasteiger partial charge in [-0.1, -0.05) is 90.4 Å². The van der Waals surface area contributed by atoms with E-state index in [-0.39, 0.29) is 123 Å². The summed E-state index contributed by atoms with van der Waals surface area (Å²) in [5.41, 5.74) is 0. The van der Waals surface area contributed by atoms with Crippen LogP contribution in [-0.2, 0) is 76.5 Å². The van der Waals surface area contributed by atoms with Crippen LogP contribution in [0.5, 0.6) is 0 Å². The molecule has 27 nitrogen and oxygen atoms in total. The number of amides is 5. The molecule has 0 saturated heterocycles. The first-order valence-electron chi connectivity index (χ1n) is 30.7. The van der Waals surface area contributed by atoms with E-state index in [0.717, 1.165) is 57.8 Å². The van der Waals surface area contributed by atoms with Gasteiger partial charge in [-0.2, -0.15) is 0 Å². The van der Waals surface area contributed by atoms with Crippen molar-refractivity contribution >= 4 is 70.9 Å². The maximum Gasteiger partial charge on any atom is 0.328 e. The molecule has 11 N–H and O–H groups in total. The van der Waals surface area contributed by atoms with Crippen molar-refractivity contribution in [2.24, 2.45) is 11.8 Å². The van der Waals surface area contributed by atoms with E-state index < -0.39 is 114 Å². The van der Waals surface area contributed by atoms with Crippen LogP contribution in [-0.4, -0.2) is 192 Å². The maximum absolute atomic E-state index is 12.7. The summed E-state index contributed by atoms with van der Waals surface area (Å²) < 4.78 is 21.4. The number of ether oxygens (including phenoxy) is 4. The molecule has 0 heterocycles. The smallest absolute Gasteiger partial charge is 0.328 e. The van der Waals surface area contributed by atoms with E-state index in [1.165, 1.54) is 32.6 Å². The van der Waals surface area contributed by atoms with Crippen LogP contribution >= 0.6 is 0 Å². The second-order valence-electron chi connectivity index (χ2n) is 21.5. The minimum atomic E-state index is -1.42. The van der Waals surface area contributed by atoms with Crippen LogP contribution in [0.4, 0.5) is 0 Å². The van der Waals surface area contributed by atoms with Gasteiger partial charge >= 0.3 is 29.8 Å². The number of aliphatic carboxylic acids is 5. The fourth-order valence-electron chi connectivity index (χ4n) is 8.87. The van der Waals surface area contributed by atoms with Crippen molar-refractivity contribution < 1.29 is 107 Å². The number of carbonyl (C=O) groups excluding carboxylic acids is 7. The molecule has 0 aromatic carbocycles. The van der Waals surface area contributed by atoms with Crippen molar-refractivity contribution in [3.8, 4) is 0 Å². The average Bonchev–Trinajstić information content (AvgIpc) is 3.67. The van der Waals surface area contributed by atoms with Crippen LogP contribution in [0, 0.1) is 11.8 Å². The van der Waals surface area contributed by atoms with Crippen molar-refractivity contribution in [3.63, 3.8) is 0 Å². The number of carboxylic acid groups (broad SMARTS) is 5. The third kappa shape index (κ3) is 46.1. The normalized spacial score (nSPS) is 13.2. The molecule has 5 amide bonds. The number of rotatable bonds is 60. The van der Waals surface area contributed by atoms with E-state index in [2.05, 4.69) is 26.6 Å². The second kappa shape index (κ2) is 52.0. The van der Waals surface area contributed by atoms with Gasteiger partial charge in [0.1, 0.15) is 31.1 Å². The molecule has 0 aromatic heterocycles. The SMILES string of the molecule is CC[C@@H](CCCCNC(=O)CC[C@H](NC(=O)COCCOCCCC(=O)COCCOCCNC(=O)CC[C@H](CC(=O)CC[C@H](NC(=O)CCCCCCCCCCCCCCCCC(=O)O)C(=O)O)C(=O)O)C(=O)O)C(=O)N[C@H](C(=O)O)[C@@H](C)O. The van der Waals surface area contributed by atoms with Gasteiger partial charge in [0.05, 0.1) is 45.1 Å². The predicted octanol–water partition coefficient (Wildman–Crippen LogP) is 4.25. The summed E-state index contributed by atoms with van der Waals surface area (Å²) in [5, 5.41) is 68.7. The molecule has 27 heteroatoms. The number of carbonyl (C=O) groups is 12. The van der Waals surface area contributed by atoms with E-state index in [4.69, 9.17) is 24.1 Å². The van der Waals surface area contributed by atoms with E-state index in [9.17, 15) is 83.1 Å². The summed E-state index contributed by atoms with van der Waals surface area (Å²) in [6, 6.07) is -4.07. The minimum absolute atomic E-state index is 0.00833. The summed E-state index contributed by atoms with van der Waals surface area (Å²) in [5.74, 6) is -10.8. The van der Waals surface area contributed by atoms with Gasteiger partial charge in [0.2, 0.25) is 29.5 Å². The fraction of sp³-hybridized carbons (Fsp3) is 0.797. The first-order valence-corrected chi connectivity index (χ1v) is 30.7. The first kappa shape index (κ1) is 79.8. The van der Waals surface area contributed by atoms with Crippen LogP contribution in [0.3, 0.4) is 0 Å².